The minimum atomic E-state index is -0.700. The van der Waals surface area contributed by atoms with Crippen molar-refractivity contribution in [3.63, 3.8) is 0 Å². The Kier molecular flexibility index (Phi) is 6.25. The lowest BCUT2D eigenvalue weighted by Gasteiger charge is -2.26. The van der Waals surface area contributed by atoms with Crippen LogP contribution in [0.15, 0.2) is 0 Å². The Balaban J connectivity index is 1.55. The Morgan fingerprint density at radius 3 is 2.38 bits per heavy atom. The first kappa shape index (κ1) is 16.0. The van der Waals surface area contributed by atoms with Crippen LogP contribution >= 0.6 is 0 Å². The van der Waals surface area contributed by atoms with Gasteiger partial charge in [-0.1, -0.05) is 0 Å². The maximum absolute atomic E-state index is 11.7. The van der Waals surface area contributed by atoms with E-state index in [2.05, 4.69) is 10.6 Å². The van der Waals surface area contributed by atoms with Gasteiger partial charge in [0.15, 0.2) is 0 Å². The zero-order valence-electron chi connectivity index (χ0n) is 12.2. The third kappa shape index (κ3) is 5.51. The van der Waals surface area contributed by atoms with Gasteiger partial charge in [0.05, 0.1) is 31.8 Å². The highest BCUT2D eigenvalue weighted by Gasteiger charge is 2.26. The van der Waals surface area contributed by atoms with Crippen LogP contribution < -0.4 is 10.6 Å². The summed E-state index contributed by atoms with van der Waals surface area (Å²) in [6.45, 7) is 2.74. The number of ether oxygens (including phenoxy) is 2. The van der Waals surface area contributed by atoms with E-state index < -0.39 is 5.97 Å². The van der Waals surface area contributed by atoms with Gasteiger partial charge in [-0.3, -0.25) is 4.79 Å². The van der Waals surface area contributed by atoms with Crippen LogP contribution in [0.25, 0.3) is 0 Å². The maximum Gasteiger partial charge on any atom is 0.314 e. The molecule has 120 valence electrons. The van der Waals surface area contributed by atoms with Crippen LogP contribution in [0.5, 0.6) is 0 Å². The molecule has 0 aromatic carbocycles. The second-order valence-corrected chi connectivity index (χ2v) is 5.71. The molecule has 1 atom stereocenters. The molecule has 7 heteroatoms. The number of hydrogen-bond acceptors (Lipinski definition) is 4. The average molecular weight is 300 g/mol. The van der Waals surface area contributed by atoms with Gasteiger partial charge in [0, 0.05) is 13.1 Å². The summed E-state index contributed by atoms with van der Waals surface area (Å²) in [6, 6.07) is -0.204. The highest BCUT2D eigenvalue weighted by atomic mass is 16.6. The molecule has 2 rings (SSSR count). The van der Waals surface area contributed by atoms with E-state index >= 15 is 0 Å². The van der Waals surface area contributed by atoms with E-state index in [0.717, 1.165) is 12.8 Å². The van der Waals surface area contributed by atoms with Gasteiger partial charge in [-0.25, -0.2) is 4.79 Å². The predicted octanol–water partition coefficient (Wildman–Crippen LogP) is 0.592. The molecule has 0 spiro atoms. The quantitative estimate of drug-likeness (QED) is 0.690. The third-order valence-electron chi connectivity index (χ3n) is 4.12. The van der Waals surface area contributed by atoms with E-state index in [-0.39, 0.29) is 18.1 Å². The molecule has 3 N–H and O–H groups in total. The molecule has 1 aliphatic heterocycles. The lowest BCUT2D eigenvalue weighted by molar-refractivity contribution is -0.143. The number of carboxylic acids is 1. The summed E-state index contributed by atoms with van der Waals surface area (Å²) in [4.78, 5) is 22.5. The highest BCUT2D eigenvalue weighted by molar-refractivity contribution is 5.73. The van der Waals surface area contributed by atoms with E-state index in [9.17, 15) is 9.59 Å². The molecule has 1 heterocycles. The molecule has 2 aliphatic rings. The Hall–Kier alpha value is -1.34. The zero-order valence-corrected chi connectivity index (χ0v) is 12.2. The van der Waals surface area contributed by atoms with Gasteiger partial charge in [-0.05, 0) is 31.6 Å². The number of carbonyl (C=O) groups is 2. The maximum atomic E-state index is 11.7. The summed E-state index contributed by atoms with van der Waals surface area (Å²) in [7, 11) is 0. The van der Waals surface area contributed by atoms with E-state index in [1.165, 1.54) is 0 Å². The minimum absolute atomic E-state index is 0.0736. The fourth-order valence-corrected chi connectivity index (χ4v) is 2.77. The Bertz CT molecular complexity index is 349. The van der Waals surface area contributed by atoms with Crippen LogP contribution in [0.3, 0.4) is 0 Å². The topological polar surface area (TPSA) is 96.9 Å². The normalized spacial score (nSPS) is 29.6. The van der Waals surface area contributed by atoms with Crippen molar-refractivity contribution in [1.29, 1.82) is 0 Å². The molecule has 0 aromatic rings. The Morgan fingerprint density at radius 2 is 1.76 bits per heavy atom. The van der Waals surface area contributed by atoms with Crippen molar-refractivity contribution in [3.8, 4) is 0 Å². The second kappa shape index (κ2) is 8.19. The van der Waals surface area contributed by atoms with Crippen molar-refractivity contribution in [1.82, 2.24) is 10.6 Å². The summed E-state index contributed by atoms with van der Waals surface area (Å²) in [5.74, 6) is -0.534. The largest absolute Gasteiger partial charge is 0.481 e. The number of carboxylic acid groups (broad SMARTS) is 1. The number of aliphatic carboxylic acids is 1. The number of urea groups is 1. The summed E-state index contributed by atoms with van der Waals surface area (Å²) in [5, 5.41) is 14.5. The fourth-order valence-electron chi connectivity index (χ4n) is 2.77. The Morgan fingerprint density at radius 1 is 1.05 bits per heavy atom. The molecule has 2 amide bonds. The van der Waals surface area contributed by atoms with Crippen LogP contribution in [0.1, 0.15) is 25.7 Å². The van der Waals surface area contributed by atoms with Gasteiger partial charge in [0.1, 0.15) is 0 Å². The van der Waals surface area contributed by atoms with Crippen molar-refractivity contribution >= 4 is 12.0 Å². The summed E-state index contributed by atoms with van der Waals surface area (Å²) in [5.41, 5.74) is 0. The first-order chi connectivity index (χ1) is 10.1. The lowest BCUT2D eigenvalue weighted by atomic mass is 9.82. The molecular formula is C14H24N2O5. The van der Waals surface area contributed by atoms with Gasteiger partial charge in [-0.2, -0.15) is 0 Å². The number of rotatable bonds is 5. The standard InChI is InChI=1S/C14H24N2O5/c17-13(18)11-3-1-10(2-4-11)7-15-14(19)16-8-12-9-20-5-6-21-12/h10-12H,1-9H2,(H,17,18)(H2,15,16,19). The zero-order chi connectivity index (χ0) is 15.1. The molecule has 1 unspecified atom stereocenters. The summed E-state index contributed by atoms with van der Waals surface area (Å²) in [6.07, 6.45) is 3.05. The van der Waals surface area contributed by atoms with E-state index in [1.54, 1.807) is 0 Å². The number of nitrogens with one attached hydrogen (secondary N) is 2. The van der Waals surface area contributed by atoms with Crippen LogP contribution in [-0.2, 0) is 14.3 Å². The van der Waals surface area contributed by atoms with Gasteiger partial charge in [0.25, 0.3) is 0 Å². The van der Waals surface area contributed by atoms with Gasteiger partial charge in [-0.15, -0.1) is 0 Å². The first-order valence-corrected chi connectivity index (χ1v) is 7.59. The molecule has 1 saturated heterocycles. The predicted molar refractivity (Wildman–Crippen MR) is 75.0 cm³/mol. The van der Waals surface area contributed by atoms with Crippen LogP contribution in [0, 0.1) is 11.8 Å². The van der Waals surface area contributed by atoms with Gasteiger partial charge in [0.2, 0.25) is 0 Å². The SMILES string of the molecule is O=C(NCC1CCC(C(=O)O)CC1)NCC1COCCO1. The molecule has 2 fully saturated rings. The highest BCUT2D eigenvalue weighted by Crippen LogP contribution is 2.28. The molecule has 1 saturated carbocycles. The van der Waals surface area contributed by atoms with Gasteiger partial charge < -0.3 is 25.2 Å². The minimum Gasteiger partial charge on any atom is -0.481 e. The molecular weight excluding hydrogens is 276 g/mol. The first-order valence-electron chi connectivity index (χ1n) is 7.59. The molecule has 1 aliphatic carbocycles. The van der Waals surface area contributed by atoms with Crippen molar-refractivity contribution in [2.45, 2.75) is 31.8 Å². The smallest absolute Gasteiger partial charge is 0.314 e. The van der Waals surface area contributed by atoms with Crippen molar-refractivity contribution in [2.24, 2.45) is 11.8 Å². The summed E-state index contributed by atoms with van der Waals surface area (Å²) >= 11 is 0. The van der Waals surface area contributed by atoms with Crippen LogP contribution in [0.4, 0.5) is 4.79 Å². The van der Waals surface area contributed by atoms with Crippen LogP contribution in [0.2, 0.25) is 0 Å². The van der Waals surface area contributed by atoms with Crippen molar-refractivity contribution < 1.29 is 24.2 Å². The average Bonchev–Trinajstić information content (AvgIpc) is 2.52. The number of hydrogen-bond donors (Lipinski definition) is 3. The molecule has 21 heavy (non-hydrogen) atoms. The molecule has 0 radical (unpaired) electrons. The fraction of sp³-hybridized carbons (Fsp3) is 0.857. The van der Waals surface area contributed by atoms with E-state index in [1.807, 2.05) is 0 Å². The lowest BCUT2D eigenvalue weighted by Crippen LogP contribution is -2.45. The molecule has 0 aromatic heterocycles. The van der Waals surface area contributed by atoms with Gasteiger partial charge >= 0.3 is 12.0 Å². The molecule has 7 nitrogen and oxygen atoms in total. The van der Waals surface area contributed by atoms with E-state index in [0.29, 0.717) is 51.7 Å². The number of carbonyl (C=O) groups excluding carboxylic acids is 1. The van der Waals surface area contributed by atoms with Crippen LogP contribution in [-0.4, -0.2) is 56.1 Å². The summed E-state index contributed by atoms with van der Waals surface area (Å²) < 4.78 is 10.7. The Labute approximate surface area is 124 Å². The second-order valence-electron chi connectivity index (χ2n) is 5.71. The molecule has 0 bridgehead atoms. The van der Waals surface area contributed by atoms with Crippen molar-refractivity contribution in [2.75, 3.05) is 32.9 Å². The number of amides is 2. The van der Waals surface area contributed by atoms with E-state index in [4.69, 9.17) is 14.6 Å². The van der Waals surface area contributed by atoms with Crippen molar-refractivity contribution in [3.05, 3.63) is 0 Å². The monoisotopic (exact) mass is 300 g/mol. The third-order valence-corrected chi connectivity index (χ3v) is 4.12.